The Morgan fingerprint density at radius 1 is 1.21 bits per heavy atom. The van der Waals surface area contributed by atoms with Gasteiger partial charge in [0.2, 0.25) is 0 Å². The van der Waals surface area contributed by atoms with Gasteiger partial charge >= 0.3 is 0 Å². The molecule has 178 valence electrons. The van der Waals surface area contributed by atoms with Crippen molar-refractivity contribution in [3.05, 3.63) is 65.1 Å². The second-order valence-electron chi connectivity index (χ2n) is 8.43. The minimum absolute atomic E-state index is 0.0225. The van der Waals surface area contributed by atoms with E-state index in [1.807, 2.05) is 25.1 Å². The third-order valence-corrected chi connectivity index (χ3v) is 5.86. The zero-order valence-electron chi connectivity index (χ0n) is 19.6. The third-order valence-electron chi connectivity index (χ3n) is 5.86. The number of aryl methyl sites for hydroxylation is 1. The topological polar surface area (TPSA) is 108 Å². The zero-order chi connectivity index (χ0) is 24.6. The molecule has 1 aliphatic heterocycles. The van der Waals surface area contributed by atoms with Gasteiger partial charge in [0.15, 0.2) is 17.3 Å². The van der Waals surface area contributed by atoms with Gasteiger partial charge in [-0.3, -0.25) is 14.0 Å². The summed E-state index contributed by atoms with van der Waals surface area (Å²) in [5.41, 5.74) is 2.03. The number of phenols is 1. The SMILES string of the molecule is CCOc1cc(C2/C(=C(\O)c3c(C)nc4ccccn34)C(=O)C(=O)N2CCN(C)C)ccc1O. The van der Waals surface area contributed by atoms with Gasteiger partial charge in [0.05, 0.1) is 23.9 Å². The van der Waals surface area contributed by atoms with Crippen LogP contribution >= 0.6 is 0 Å². The highest BCUT2D eigenvalue weighted by Crippen LogP contribution is 2.42. The number of aliphatic hydroxyl groups is 1. The molecule has 4 rings (SSSR count). The minimum Gasteiger partial charge on any atom is -0.505 e. The number of hydrogen-bond donors (Lipinski definition) is 2. The van der Waals surface area contributed by atoms with E-state index in [9.17, 15) is 19.8 Å². The van der Waals surface area contributed by atoms with Crippen LogP contribution in [0.5, 0.6) is 11.5 Å². The quantitative estimate of drug-likeness (QED) is 0.314. The lowest BCUT2D eigenvalue weighted by molar-refractivity contribution is -0.140. The second-order valence-corrected chi connectivity index (χ2v) is 8.43. The number of ether oxygens (including phenoxy) is 1. The fraction of sp³-hybridized carbons (Fsp3) is 0.320. The number of carbonyl (C=O) groups is 2. The molecule has 1 aliphatic rings. The molecule has 1 aromatic carbocycles. The van der Waals surface area contributed by atoms with E-state index in [-0.39, 0.29) is 29.4 Å². The molecule has 0 aliphatic carbocycles. The molecule has 3 aromatic rings. The van der Waals surface area contributed by atoms with Crippen molar-refractivity contribution in [2.24, 2.45) is 0 Å². The van der Waals surface area contributed by atoms with E-state index < -0.39 is 17.7 Å². The summed E-state index contributed by atoms with van der Waals surface area (Å²) in [6, 6.07) is 9.27. The highest BCUT2D eigenvalue weighted by Gasteiger charge is 2.46. The first-order chi connectivity index (χ1) is 16.2. The summed E-state index contributed by atoms with van der Waals surface area (Å²) in [5.74, 6) is -1.56. The number of aromatic nitrogens is 2. The van der Waals surface area contributed by atoms with E-state index in [0.717, 1.165) is 0 Å². The van der Waals surface area contributed by atoms with Gasteiger partial charge in [0.25, 0.3) is 11.7 Å². The number of rotatable bonds is 7. The Kier molecular flexibility index (Phi) is 6.30. The van der Waals surface area contributed by atoms with Crippen molar-refractivity contribution in [1.29, 1.82) is 0 Å². The summed E-state index contributed by atoms with van der Waals surface area (Å²) in [4.78, 5) is 34.2. The maximum absolute atomic E-state index is 13.3. The molecule has 2 aromatic heterocycles. The molecule has 0 radical (unpaired) electrons. The standard InChI is InChI=1S/C25H28N4O5/c1-5-34-18-14-16(9-10-17(18)30)22-20(24(32)25(33)29(22)13-12-27(3)4)23(31)21-15(2)26-19-8-6-7-11-28(19)21/h6-11,14,22,30-31H,5,12-13H2,1-4H3/b23-20+. The Morgan fingerprint density at radius 3 is 2.68 bits per heavy atom. The van der Waals surface area contributed by atoms with Crippen LogP contribution in [-0.4, -0.2) is 74.9 Å². The number of benzene rings is 1. The lowest BCUT2D eigenvalue weighted by Crippen LogP contribution is -2.35. The van der Waals surface area contributed by atoms with Crippen LogP contribution in [0, 0.1) is 6.92 Å². The molecule has 1 atom stereocenters. The van der Waals surface area contributed by atoms with Crippen LogP contribution in [0.1, 0.15) is 29.9 Å². The number of pyridine rings is 1. The smallest absolute Gasteiger partial charge is 0.295 e. The number of likely N-dealkylation sites (N-methyl/N-ethyl adjacent to an activating group) is 1. The van der Waals surface area contributed by atoms with Crippen molar-refractivity contribution in [2.75, 3.05) is 33.8 Å². The van der Waals surface area contributed by atoms with Gasteiger partial charge in [-0.05, 0) is 57.8 Å². The van der Waals surface area contributed by atoms with Crippen molar-refractivity contribution >= 4 is 23.1 Å². The summed E-state index contributed by atoms with van der Waals surface area (Å²) < 4.78 is 7.22. The van der Waals surface area contributed by atoms with E-state index >= 15 is 0 Å². The number of aliphatic hydroxyl groups excluding tert-OH is 1. The molecule has 1 amide bonds. The molecular formula is C25H28N4O5. The fourth-order valence-corrected chi connectivity index (χ4v) is 4.26. The Bertz CT molecular complexity index is 1290. The number of likely N-dealkylation sites (tertiary alicyclic amines) is 1. The number of amides is 1. The highest BCUT2D eigenvalue weighted by molar-refractivity contribution is 6.46. The van der Waals surface area contributed by atoms with Gasteiger partial charge in [-0.2, -0.15) is 0 Å². The molecule has 1 saturated heterocycles. The van der Waals surface area contributed by atoms with Crippen molar-refractivity contribution < 1.29 is 24.5 Å². The third kappa shape index (κ3) is 3.99. The number of nitrogens with zero attached hydrogens (tertiary/aromatic N) is 4. The summed E-state index contributed by atoms with van der Waals surface area (Å²) >= 11 is 0. The highest BCUT2D eigenvalue weighted by atomic mass is 16.5. The molecule has 9 heteroatoms. The van der Waals surface area contributed by atoms with Gasteiger partial charge in [-0.25, -0.2) is 4.98 Å². The number of fused-ring (bicyclic) bond motifs is 1. The number of phenolic OH excluding ortho intramolecular Hbond substituents is 1. The largest absolute Gasteiger partial charge is 0.505 e. The molecule has 1 unspecified atom stereocenters. The van der Waals surface area contributed by atoms with Crippen LogP contribution in [0.2, 0.25) is 0 Å². The lowest BCUT2D eigenvalue weighted by atomic mass is 9.96. The molecule has 34 heavy (non-hydrogen) atoms. The van der Waals surface area contributed by atoms with Gasteiger partial charge in [0.1, 0.15) is 11.3 Å². The zero-order valence-corrected chi connectivity index (χ0v) is 19.6. The van der Waals surface area contributed by atoms with E-state index in [1.54, 1.807) is 48.7 Å². The maximum Gasteiger partial charge on any atom is 0.295 e. The average Bonchev–Trinajstić information content (AvgIpc) is 3.26. The molecular weight excluding hydrogens is 436 g/mol. The van der Waals surface area contributed by atoms with E-state index in [4.69, 9.17) is 4.74 Å². The first-order valence-corrected chi connectivity index (χ1v) is 11.1. The van der Waals surface area contributed by atoms with Gasteiger partial charge in [0, 0.05) is 19.3 Å². The summed E-state index contributed by atoms with van der Waals surface area (Å²) in [5, 5.41) is 21.6. The molecule has 2 N–H and O–H groups in total. The van der Waals surface area contributed by atoms with Crippen molar-refractivity contribution in [3.8, 4) is 11.5 Å². The summed E-state index contributed by atoms with van der Waals surface area (Å²) in [6.07, 6.45) is 1.75. The van der Waals surface area contributed by atoms with Crippen molar-refractivity contribution in [3.63, 3.8) is 0 Å². The Balaban J connectivity index is 1.94. The lowest BCUT2D eigenvalue weighted by Gasteiger charge is -2.27. The Hall–Kier alpha value is -3.85. The average molecular weight is 465 g/mol. The normalized spacial score (nSPS) is 17.8. The van der Waals surface area contributed by atoms with Crippen LogP contribution in [0.25, 0.3) is 11.4 Å². The fourth-order valence-electron chi connectivity index (χ4n) is 4.26. The van der Waals surface area contributed by atoms with Crippen LogP contribution in [0.4, 0.5) is 0 Å². The molecule has 0 spiro atoms. The number of imidazole rings is 1. The number of Topliss-reactive ketones (excluding diaryl/α,β-unsaturated/α-hetero) is 1. The molecule has 0 saturated carbocycles. The Morgan fingerprint density at radius 2 is 1.97 bits per heavy atom. The predicted octanol–water partition coefficient (Wildman–Crippen LogP) is 2.73. The van der Waals surface area contributed by atoms with Gasteiger partial charge < -0.3 is 24.7 Å². The summed E-state index contributed by atoms with van der Waals surface area (Å²) in [7, 11) is 3.75. The van der Waals surface area contributed by atoms with E-state index in [0.29, 0.717) is 35.8 Å². The van der Waals surface area contributed by atoms with Crippen LogP contribution in [-0.2, 0) is 9.59 Å². The van der Waals surface area contributed by atoms with E-state index in [2.05, 4.69) is 4.98 Å². The molecule has 9 nitrogen and oxygen atoms in total. The number of hydrogen-bond acceptors (Lipinski definition) is 7. The predicted molar refractivity (Wildman–Crippen MR) is 127 cm³/mol. The second kappa shape index (κ2) is 9.18. The number of aromatic hydroxyl groups is 1. The van der Waals surface area contributed by atoms with Gasteiger partial charge in [-0.1, -0.05) is 12.1 Å². The minimum atomic E-state index is -0.853. The Labute approximate surface area is 197 Å². The first-order valence-electron chi connectivity index (χ1n) is 11.1. The molecule has 1 fully saturated rings. The van der Waals surface area contributed by atoms with Crippen LogP contribution in [0.15, 0.2) is 48.2 Å². The van der Waals surface area contributed by atoms with E-state index in [1.165, 1.54) is 11.0 Å². The molecule has 3 heterocycles. The summed E-state index contributed by atoms with van der Waals surface area (Å²) in [6.45, 7) is 4.67. The maximum atomic E-state index is 13.3. The number of carbonyl (C=O) groups excluding carboxylic acids is 2. The van der Waals surface area contributed by atoms with Crippen LogP contribution < -0.4 is 4.74 Å². The first kappa shape index (κ1) is 23.3. The molecule has 0 bridgehead atoms. The number of ketones is 1. The van der Waals surface area contributed by atoms with Crippen molar-refractivity contribution in [2.45, 2.75) is 19.9 Å². The van der Waals surface area contributed by atoms with Gasteiger partial charge in [-0.15, -0.1) is 0 Å². The van der Waals surface area contributed by atoms with Crippen molar-refractivity contribution in [1.82, 2.24) is 19.2 Å². The van der Waals surface area contributed by atoms with Crippen LogP contribution in [0.3, 0.4) is 0 Å². The monoisotopic (exact) mass is 464 g/mol.